The Morgan fingerprint density at radius 1 is 1.35 bits per heavy atom. The number of aromatic nitrogens is 1. The van der Waals surface area contributed by atoms with Crippen molar-refractivity contribution < 1.29 is 4.79 Å². The van der Waals surface area contributed by atoms with Crippen molar-refractivity contribution in [2.75, 3.05) is 39.3 Å². The highest BCUT2D eigenvalue weighted by atomic mass is 32.1. The summed E-state index contributed by atoms with van der Waals surface area (Å²) in [5.41, 5.74) is 2.94. The van der Waals surface area contributed by atoms with Crippen molar-refractivity contribution in [2.24, 2.45) is 5.84 Å². The van der Waals surface area contributed by atoms with Gasteiger partial charge in [0, 0.05) is 39.1 Å². The molecule has 0 aromatic carbocycles. The van der Waals surface area contributed by atoms with Crippen LogP contribution in [0.2, 0.25) is 0 Å². The third-order valence-corrected chi connectivity index (χ3v) is 4.95. The molecule has 2 rings (SSSR count). The van der Waals surface area contributed by atoms with Crippen molar-refractivity contribution in [2.45, 2.75) is 20.3 Å². The number of piperazine rings is 1. The first-order valence-electron chi connectivity index (χ1n) is 7.06. The standard InChI is InChI=1S/C13H23N5OS/c1-3-17-6-8-18(9-7-17)5-4-11-15-10(2)12(20-11)13(19)16-14/h3-9,14H2,1-2H3,(H,16,19). The molecule has 0 unspecified atom stereocenters. The Bertz CT molecular complexity index is 454. The third-order valence-electron chi connectivity index (χ3n) is 3.73. The lowest BCUT2D eigenvalue weighted by Gasteiger charge is -2.33. The van der Waals surface area contributed by atoms with Gasteiger partial charge in [0.1, 0.15) is 4.88 Å². The van der Waals surface area contributed by atoms with Gasteiger partial charge in [0.2, 0.25) is 0 Å². The molecule has 0 radical (unpaired) electrons. The molecule has 1 aliphatic rings. The molecule has 20 heavy (non-hydrogen) atoms. The normalized spacial score (nSPS) is 17.4. The highest BCUT2D eigenvalue weighted by Gasteiger charge is 2.17. The van der Waals surface area contributed by atoms with E-state index in [-0.39, 0.29) is 5.91 Å². The number of amides is 1. The number of nitrogens with two attached hydrogens (primary N) is 1. The SMILES string of the molecule is CCN1CCN(CCc2nc(C)c(C(=O)NN)s2)CC1. The molecule has 0 aliphatic carbocycles. The molecule has 1 saturated heterocycles. The van der Waals surface area contributed by atoms with E-state index in [0.29, 0.717) is 4.88 Å². The maximum absolute atomic E-state index is 11.5. The molecule has 2 heterocycles. The lowest BCUT2D eigenvalue weighted by atomic mass is 10.3. The fourth-order valence-corrected chi connectivity index (χ4v) is 3.37. The largest absolute Gasteiger partial charge is 0.301 e. The molecule has 1 amide bonds. The molecule has 0 saturated carbocycles. The van der Waals surface area contributed by atoms with Gasteiger partial charge in [-0.3, -0.25) is 10.2 Å². The van der Waals surface area contributed by atoms with Gasteiger partial charge in [0.05, 0.1) is 10.7 Å². The van der Waals surface area contributed by atoms with Crippen molar-refractivity contribution in [3.05, 3.63) is 15.6 Å². The molecule has 1 aliphatic heterocycles. The number of hydrogen-bond donors (Lipinski definition) is 2. The Morgan fingerprint density at radius 3 is 2.60 bits per heavy atom. The number of likely N-dealkylation sites (N-methyl/N-ethyl adjacent to an activating group) is 1. The topological polar surface area (TPSA) is 74.5 Å². The Labute approximate surface area is 123 Å². The average molecular weight is 297 g/mol. The van der Waals surface area contributed by atoms with Crippen LogP contribution >= 0.6 is 11.3 Å². The molecule has 7 heteroatoms. The van der Waals surface area contributed by atoms with Crippen LogP contribution in [0.25, 0.3) is 0 Å². The number of nitrogens with zero attached hydrogens (tertiary/aromatic N) is 3. The van der Waals surface area contributed by atoms with Crippen LogP contribution in [0, 0.1) is 6.92 Å². The molecule has 0 spiro atoms. The molecule has 1 aromatic heterocycles. The number of nitrogen functional groups attached to an aromatic ring is 1. The fourth-order valence-electron chi connectivity index (χ4n) is 2.42. The zero-order valence-electron chi connectivity index (χ0n) is 12.2. The van der Waals surface area contributed by atoms with Crippen LogP contribution in [0.1, 0.15) is 27.3 Å². The van der Waals surface area contributed by atoms with Crippen LogP contribution in [-0.2, 0) is 6.42 Å². The maximum Gasteiger partial charge on any atom is 0.277 e. The van der Waals surface area contributed by atoms with Gasteiger partial charge in [-0.2, -0.15) is 0 Å². The van der Waals surface area contributed by atoms with Crippen molar-refractivity contribution in [3.63, 3.8) is 0 Å². The molecule has 1 aromatic rings. The quantitative estimate of drug-likeness (QED) is 0.462. The van der Waals surface area contributed by atoms with E-state index in [9.17, 15) is 4.79 Å². The van der Waals surface area contributed by atoms with E-state index in [1.807, 2.05) is 6.92 Å². The number of nitrogens with one attached hydrogen (secondary N) is 1. The predicted octanol–water partition coefficient (Wildman–Crippen LogP) is 0.235. The molecule has 0 bridgehead atoms. The third kappa shape index (κ3) is 3.76. The van der Waals surface area contributed by atoms with E-state index in [4.69, 9.17) is 5.84 Å². The molecule has 112 valence electrons. The molecular formula is C13H23N5OS. The van der Waals surface area contributed by atoms with Crippen LogP contribution in [0.5, 0.6) is 0 Å². The zero-order valence-corrected chi connectivity index (χ0v) is 13.0. The minimum atomic E-state index is -0.247. The van der Waals surface area contributed by atoms with Crippen LogP contribution in [0.15, 0.2) is 0 Å². The maximum atomic E-state index is 11.5. The minimum Gasteiger partial charge on any atom is -0.301 e. The summed E-state index contributed by atoms with van der Waals surface area (Å²) in [7, 11) is 0. The van der Waals surface area contributed by atoms with Gasteiger partial charge in [-0.05, 0) is 13.5 Å². The Morgan fingerprint density at radius 2 is 2.00 bits per heavy atom. The van der Waals surface area contributed by atoms with Gasteiger partial charge in [-0.25, -0.2) is 10.8 Å². The molecule has 0 atom stereocenters. The summed E-state index contributed by atoms with van der Waals surface area (Å²) in [5, 5.41) is 1.01. The molecule has 6 nitrogen and oxygen atoms in total. The van der Waals surface area contributed by atoms with E-state index in [2.05, 4.69) is 27.1 Å². The number of thiazole rings is 1. The number of carbonyl (C=O) groups excluding carboxylic acids is 1. The predicted molar refractivity (Wildman–Crippen MR) is 80.8 cm³/mol. The fraction of sp³-hybridized carbons (Fsp3) is 0.692. The first kappa shape index (κ1) is 15.4. The van der Waals surface area contributed by atoms with E-state index in [0.717, 1.165) is 56.4 Å². The van der Waals surface area contributed by atoms with Crippen LogP contribution in [0.4, 0.5) is 0 Å². The van der Waals surface area contributed by atoms with Gasteiger partial charge in [0.15, 0.2) is 0 Å². The lowest BCUT2D eigenvalue weighted by Crippen LogP contribution is -2.46. The second-order valence-electron chi connectivity index (χ2n) is 5.02. The van der Waals surface area contributed by atoms with E-state index in [1.165, 1.54) is 11.3 Å². The monoisotopic (exact) mass is 297 g/mol. The summed E-state index contributed by atoms with van der Waals surface area (Å²) >= 11 is 1.45. The lowest BCUT2D eigenvalue weighted by molar-refractivity contribution is 0.0957. The summed E-state index contributed by atoms with van der Waals surface area (Å²) in [6.07, 6.45) is 0.898. The molecular weight excluding hydrogens is 274 g/mol. The minimum absolute atomic E-state index is 0.247. The first-order valence-corrected chi connectivity index (χ1v) is 7.87. The van der Waals surface area contributed by atoms with Crippen molar-refractivity contribution in [1.82, 2.24) is 20.2 Å². The zero-order chi connectivity index (χ0) is 14.5. The summed E-state index contributed by atoms with van der Waals surface area (Å²) in [6, 6.07) is 0. The van der Waals surface area contributed by atoms with E-state index >= 15 is 0 Å². The van der Waals surface area contributed by atoms with Gasteiger partial charge in [0.25, 0.3) is 5.91 Å². The number of aryl methyl sites for hydroxylation is 1. The van der Waals surface area contributed by atoms with Crippen LogP contribution in [0.3, 0.4) is 0 Å². The highest BCUT2D eigenvalue weighted by molar-refractivity contribution is 7.13. The van der Waals surface area contributed by atoms with Crippen LogP contribution < -0.4 is 11.3 Å². The first-order chi connectivity index (χ1) is 9.63. The van der Waals surface area contributed by atoms with Crippen molar-refractivity contribution in [3.8, 4) is 0 Å². The van der Waals surface area contributed by atoms with Gasteiger partial charge in [-0.1, -0.05) is 6.92 Å². The van der Waals surface area contributed by atoms with E-state index < -0.39 is 0 Å². The van der Waals surface area contributed by atoms with E-state index in [1.54, 1.807) is 0 Å². The second-order valence-corrected chi connectivity index (χ2v) is 6.11. The average Bonchev–Trinajstić information content (AvgIpc) is 2.86. The van der Waals surface area contributed by atoms with Crippen molar-refractivity contribution in [1.29, 1.82) is 0 Å². The Hall–Kier alpha value is -1.02. The molecule has 1 fully saturated rings. The summed E-state index contributed by atoms with van der Waals surface area (Å²) < 4.78 is 0. The number of hydrazine groups is 1. The van der Waals surface area contributed by atoms with Gasteiger partial charge < -0.3 is 9.80 Å². The Balaban J connectivity index is 1.84. The van der Waals surface area contributed by atoms with Gasteiger partial charge in [-0.15, -0.1) is 11.3 Å². The number of hydrogen-bond acceptors (Lipinski definition) is 6. The Kier molecular flexibility index (Phi) is 5.47. The summed E-state index contributed by atoms with van der Waals surface area (Å²) in [6.45, 7) is 10.7. The summed E-state index contributed by atoms with van der Waals surface area (Å²) in [4.78, 5) is 21.6. The number of carbonyl (C=O) groups is 1. The van der Waals surface area contributed by atoms with Crippen LogP contribution in [-0.4, -0.2) is 60.0 Å². The summed E-state index contributed by atoms with van der Waals surface area (Å²) in [5.74, 6) is 4.92. The number of rotatable bonds is 5. The van der Waals surface area contributed by atoms with Gasteiger partial charge >= 0.3 is 0 Å². The molecule has 3 N–H and O–H groups in total. The second kappa shape index (κ2) is 7.12. The smallest absolute Gasteiger partial charge is 0.277 e. The van der Waals surface area contributed by atoms with Crippen molar-refractivity contribution >= 4 is 17.2 Å². The highest BCUT2D eigenvalue weighted by Crippen LogP contribution is 2.18.